The molecule has 0 radical (unpaired) electrons. The van der Waals surface area contributed by atoms with Crippen molar-refractivity contribution >= 4 is 11.6 Å². The number of benzene rings is 1. The Labute approximate surface area is 119 Å². The minimum Gasteiger partial charge on any atom is -0.482 e. The number of rotatable bonds is 4. The average Bonchev–Trinajstić information content (AvgIpc) is 2.35. The molecule has 1 amide bonds. The molecule has 1 saturated carbocycles. The van der Waals surface area contributed by atoms with Gasteiger partial charge in [0.1, 0.15) is 5.75 Å². The summed E-state index contributed by atoms with van der Waals surface area (Å²) in [7, 11) is 0. The van der Waals surface area contributed by atoms with Crippen LogP contribution in [0.5, 0.6) is 5.75 Å². The first kappa shape index (κ1) is 13.4. The summed E-state index contributed by atoms with van der Waals surface area (Å²) >= 11 is 0. The quantitative estimate of drug-likeness (QED) is 0.887. The number of fused-ring (bicyclic) bond motifs is 1. The van der Waals surface area contributed by atoms with Crippen LogP contribution in [0, 0.1) is 5.92 Å². The SMILES string of the molecule is CC(NC(C)C1CCC1)c1ccc2c(c1)NC(=O)CO2. The molecule has 4 nitrogen and oxygen atoms in total. The Bertz CT molecular complexity index is 511. The Kier molecular flexibility index (Phi) is 3.66. The van der Waals surface area contributed by atoms with Gasteiger partial charge in [0, 0.05) is 12.1 Å². The van der Waals surface area contributed by atoms with E-state index < -0.39 is 0 Å². The summed E-state index contributed by atoms with van der Waals surface area (Å²) in [6.45, 7) is 4.55. The lowest BCUT2D eigenvalue weighted by molar-refractivity contribution is -0.118. The third kappa shape index (κ3) is 2.66. The van der Waals surface area contributed by atoms with Gasteiger partial charge in [0.15, 0.2) is 6.61 Å². The van der Waals surface area contributed by atoms with Gasteiger partial charge in [-0.3, -0.25) is 4.79 Å². The zero-order valence-corrected chi connectivity index (χ0v) is 12.1. The highest BCUT2D eigenvalue weighted by Crippen LogP contribution is 2.33. The van der Waals surface area contributed by atoms with E-state index in [1.807, 2.05) is 12.1 Å². The van der Waals surface area contributed by atoms with Crippen LogP contribution in [0.15, 0.2) is 18.2 Å². The van der Waals surface area contributed by atoms with Crippen molar-refractivity contribution in [2.45, 2.75) is 45.2 Å². The van der Waals surface area contributed by atoms with E-state index >= 15 is 0 Å². The van der Waals surface area contributed by atoms with Gasteiger partial charge in [-0.2, -0.15) is 0 Å². The summed E-state index contributed by atoms with van der Waals surface area (Å²) in [6, 6.07) is 6.84. The summed E-state index contributed by atoms with van der Waals surface area (Å²) in [5.41, 5.74) is 1.96. The fourth-order valence-corrected chi connectivity index (χ4v) is 2.94. The largest absolute Gasteiger partial charge is 0.482 e. The van der Waals surface area contributed by atoms with E-state index in [4.69, 9.17) is 4.74 Å². The molecular formula is C16H22N2O2. The summed E-state index contributed by atoms with van der Waals surface area (Å²) in [5.74, 6) is 1.49. The lowest BCUT2D eigenvalue weighted by Gasteiger charge is -2.34. The molecule has 1 aliphatic heterocycles. The second-order valence-corrected chi connectivity index (χ2v) is 5.96. The van der Waals surface area contributed by atoms with Crippen LogP contribution >= 0.6 is 0 Å². The molecule has 0 bridgehead atoms. The first-order valence-corrected chi connectivity index (χ1v) is 7.46. The highest BCUT2D eigenvalue weighted by Gasteiger charge is 2.25. The van der Waals surface area contributed by atoms with Crippen LogP contribution in [0.1, 0.15) is 44.7 Å². The van der Waals surface area contributed by atoms with Gasteiger partial charge >= 0.3 is 0 Å². The molecule has 4 heteroatoms. The van der Waals surface area contributed by atoms with Gasteiger partial charge in [-0.05, 0) is 50.3 Å². The van der Waals surface area contributed by atoms with Crippen LogP contribution in [0.2, 0.25) is 0 Å². The van der Waals surface area contributed by atoms with E-state index in [0.29, 0.717) is 6.04 Å². The molecule has 3 rings (SSSR count). The summed E-state index contributed by atoms with van der Waals surface area (Å²) in [5, 5.41) is 6.52. The van der Waals surface area contributed by atoms with Crippen LogP contribution in [-0.4, -0.2) is 18.6 Å². The fraction of sp³-hybridized carbons (Fsp3) is 0.562. The van der Waals surface area contributed by atoms with E-state index in [0.717, 1.165) is 17.4 Å². The van der Waals surface area contributed by atoms with Gasteiger partial charge in [-0.1, -0.05) is 12.5 Å². The molecule has 0 aromatic heterocycles. The standard InChI is InChI=1S/C16H22N2O2/c1-10(12-4-3-5-12)17-11(2)13-6-7-15-14(8-13)18-16(19)9-20-15/h6-8,10-12,17H,3-5,9H2,1-2H3,(H,18,19). The molecule has 108 valence electrons. The first-order valence-electron chi connectivity index (χ1n) is 7.46. The molecule has 20 heavy (non-hydrogen) atoms. The van der Waals surface area contributed by atoms with Gasteiger partial charge in [-0.15, -0.1) is 0 Å². The molecule has 1 heterocycles. The van der Waals surface area contributed by atoms with Gasteiger partial charge in [0.2, 0.25) is 0 Å². The first-order chi connectivity index (χ1) is 9.63. The number of hydrogen-bond donors (Lipinski definition) is 2. The topological polar surface area (TPSA) is 50.4 Å². The molecule has 0 spiro atoms. The number of nitrogens with one attached hydrogen (secondary N) is 2. The minimum absolute atomic E-state index is 0.0851. The minimum atomic E-state index is -0.0851. The van der Waals surface area contributed by atoms with E-state index in [-0.39, 0.29) is 18.6 Å². The van der Waals surface area contributed by atoms with E-state index in [9.17, 15) is 4.79 Å². The lowest BCUT2D eigenvalue weighted by atomic mass is 9.80. The Balaban J connectivity index is 1.69. The van der Waals surface area contributed by atoms with Crippen LogP contribution < -0.4 is 15.4 Å². The second-order valence-electron chi connectivity index (χ2n) is 5.96. The Morgan fingerprint density at radius 1 is 1.35 bits per heavy atom. The van der Waals surface area contributed by atoms with E-state index in [2.05, 4.69) is 30.5 Å². The van der Waals surface area contributed by atoms with Crippen molar-refractivity contribution in [3.05, 3.63) is 23.8 Å². The lowest BCUT2D eigenvalue weighted by Crippen LogP contribution is -2.38. The number of hydrogen-bond acceptors (Lipinski definition) is 3. The molecule has 2 atom stereocenters. The van der Waals surface area contributed by atoms with Crippen molar-refractivity contribution < 1.29 is 9.53 Å². The fourth-order valence-electron chi connectivity index (χ4n) is 2.94. The van der Waals surface area contributed by atoms with Crippen molar-refractivity contribution in [2.24, 2.45) is 5.92 Å². The maximum Gasteiger partial charge on any atom is 0.262 e. The predicted octanol–water partition coefficient (Wildman–Crippen LogP) is 2.86. The van der Waals surface area contributed by atoms with Gasteiger partial charge in [0.05, 0.1) is 5.69 Å². The molecule has 1 aromatic carbocycles. The summed E-state index contributed by atoms with van der Waals surface area (Å²) < 4.78 is 5.38. The third-order valence-corrected chi connectivity index (χ3v) is 4.51. The van der Waals surface area contributed by atoms with Crippen molar-refractivity contribution in [1.29, 1.82) is 0 Å². The van der Waals surface area contributed by atoms with Crippen LogP contribution in [-0.2, 0) is 4.79 Å². The Hall–Kier alpha value is -1.55. The second kappa shape index (κ2) is 5.44. The van der Waals surface area contributed by atoms with E-state index in [1.54, 1.807) is 0 Å². The Morgan fingerprint density at radius 2 is 2.15 bits per heavy atom. The van der Waals surface area contributed by atoms with Crippen molar-refractivity contribution in [2.75, 3.05) is 11.9 Å². The zero-order chi connectivity index (χ0) is 14.1. The van der Waals surface area contributed by atoms with Crippen LogP contribution in [0.4, 0.5) is 5.69 Å². The van der Waals surface area contributed by atoms with Crippen molar-refractivity contribution in [3.8, 4) is 5.75 Å². The van der Waals surface area contributed by atoms with Crippen LogP contribution in [0.25, 0.3) is 0 Å². The number of amides is 1. The van der Waals surface area contributed by atoms with Gasteiger partial charge in [0.25, 0.3) is 5.91 Å². The maximum absolute atomic E-state index is 11.4. The monoisotopic (exact) mass is 274 g/mol. The van der Waals surface area contributed by atoms with Crippen molar-refractivity contribution in [1.82, 2.24) is 5.32 Å². The third-order valence-electron chi connectivity index (χ3n) is 4.51. The number of ether oxygens (including phenoxy) is 1. The van der Waals surface area contributed by atoms with E-state index in [1.165, 1.54) is 24.8 Å². The highest BCUT2D eigenvalue weighted by atomic mass is 16.5. The highest BCUT2D eigenvalue weighted by molar-refractivity contribution is 5.95. The maximum atomic E-state index is 11.4. The normalized spacial score (nSPS) is 21.2. The number of carbonyl (C=O) groups is 1. The molecule has 1 aliphatic carbocycles. The number of anilines is 1. The van der Waals surface area contributed by atoms with Gasteiger partial charge in [-0.25, -0.2) is 0 Å². The molecule has 2 N–H and O–H groups in total. The Morgan fingerprint density at radius 3 is 2.85 bits per heavy atom. The summed E-state index contributed by atoms with van der Waals surface area (Å²) in [4.78, 5) is 11.4. The predicted molar refractivity (Wildman–Crippen MR) is 78.9 cm³/mol. The molecule has 1 aromatic rings. The molecular weight excluding hydrogens is 252 g/mol. The molecule has 2 aliphatic rings. The van der Waals surface area contributed by atoms with Crippen LogP contribution in [0.3, 0.4) is 0 Å². The summed E-state index contributed by atoms with van der Waals surface area (Å²) in [6.07, 6.45) is 4.05. The molecule has 2 unspecified atom stereocenters. The molecule has 1 fully saturated rings. The van der Waals surface area contributed by atoms with Crippen molar-refractivity contribution in [3.63, 3.8) is 0 Å². The smallest absolute Gasteiger partial charge is 0.262 e. The number of carbonyl (C=O) groups excluding carboxylic acids is 1. The molecule has 0 saturated heterocycles. The average molecular weight is 274 g/mol. The van der Waals surface area contributed by atoms with Gasteiger partial charge < -0.3 is 15.4 Å². The zero-order valence-electron chi connectivity index (χ0n) is 12.1.